The van der Waals surface area contributed by atoms with Gasteiger partial charge in [-0.1, -0.05) is 38.5 Å². The van der Waals surface area contributed by atoms with Crippen molar-refractivity contribution in [3.63, 3.8) is 0 Å². The first-order valence-electron chi connectivity index (χ1n) is 21.7. The Kier molecular flexibility index (Phi) is 32.7. The fraction of sp³-hybridized carbons (Fsp3) is 0.875. The number of carbonyl (C=O) groups excluding carboxylic acids is 5. The Hall–Kier alpha value is -3.01. The molecule has 0 aromatic rings. The number of aliphatic hydroxyl groups is 3. The van der Waals surface area contributed by atoms with Crippen molar-refractivity contribution in [1.29, 1.82) is 0 Å². The topological polar surface area (TPSA) is 289 Å². The van der Waals surface area contributed by atoms with Crippen LogP contribution in [0.3, 0.4) is 0 Å². The van der Waals surface area contributed by atoms with Gasteiger partial charge in [-0.25, -0.2) is 0 Å². The molecule has 0 saturated carbocycles. The minimum atomic E-state index is -1.18. The third kappa shape index (κ3) is 28.2. The first-order valence-corrected chi connectivity index (χ1v) is 21.7. The predicted molar refractivity (Wildman–Crippen MR) is 223 cm³/mol. The molecule has 0 aromatic carbocycles. The zero-order valence-electron chi connectivity index (χ0n) is 35.5. The zero-order valence-corrected chi connectivity index (χ0v) is 35.5. The van der Waals surface area contributed by atoms with Gasteiger partial charge >= 0.3 is 0 Å². The summed E-state index contributed by atoms with van der Waals surface area (Å²) in [5.74, 6) is -0.828. The molecule has 12 N–H and O–H groups in total. The maximum Gasteiger partial charge on any atom is 0.222 e. The molecule has 0 bridgehead atoms. The van der Waals surface area contributed by atoms with E-state index in [0.717, 1.165) is 44.9 Å². The molecule has 0 aromatic heterocycles. The van der Waals surface area contributed by atoms with Gasteiger partial charge in [0.25, 0.3) is 0 Å². The number of nitrogens with zero attached hydrogens (tertiary/aromatic N) is 1. The number of aliphatic hydroxyl groups excluding tert-OH is 3. The minimum Gasteiger partial charge on any atom is -0.394 e. The lowest BCUT2D eigenvalue weighted by molar-refractivity contribution is -0.133. The van der Waals surface area contributed by atoms with E-state index in [2.05, 4.69) is 26.6 Å². The molecule has 0 aliphatic carbocycles. The molecule has 1 rings (SSSR count). The summed E-state index contributed by atoms with van der Waals surface area (Å²) in [4.78, 5) is 64.4. The lowest BCUT2D eigenvalue weighted by Gasteiger charge is -2.34. The summed E-state index contributed by atoms with van der Waals surface area (Å²) in [6.45, 7) is 2.95. The first-order chi connectivity index (χ1) is 28.6. The summed E-state index contributed by atoms with van der Waals surface area (Å²) in [6, 6.07) is -0.291. The number of amides is 5. The molecule has 0 unspecified atom stereocenters. The van der Waals surface area contributed by atoms with Crippen LogP contribution in [-0.4, -0.2) is 166 Å². The van der Waals surface area contributed by atoms with E-state index in [1.54, 1.807) is 4.90 Å². The van der Waals surface area contributed by atoms with Gasteiger partial charge in [0.05, 0.1) is 65.1 Å². The SMILES string of the molecule is NCCCNC(=O)CCOCC(COCCC(=O)NCCCN)(COCCC(=O)NCCCNCO)NC(=O)CCCCCCCCCCC(=O)N1C[C@H](O)C[C@H]1CO. The fourth-order valence-electron chi connectivity index (χ4n) is 6.47. The van der Waals surface area contributed by atoms with Crippen LogP contribution in [0.1, 0.15) is 109 Å². The van der Waals surface area contributed by atoms with E-state index < -0.39 is 11.6 Å². The van der Waals surface area contributed by atoms with E-state index in [0.29, 0.717) is 77.8 Å². The summed E-state index contributed by atoms with van der Waals surface area (Å²) in [5.41, 5.74) is 9.85. The molecule has 1 heterocycles. The van der Waals surface area contributed by atoms with Crippen molar-refractivity contribution in [3.05, 3.63) is 0 Å². The highest BCUT2D eigenvalue weighted by molar-refractivity contribution is 5.78. The molecule has 2 atom stereocenters. The van der Waals surface area contributed by atoms with Crippen molar-refractivity contribution >= 4 is 29.5 Å². The second-order valence-corrected chi connectivity index (χ2v) is 15.2. The number of hydrogen-bond acceptors (Lipinski definition) is 14. The first kappa shape index (κ1) is 54.0. The van der Waals surface area contributed by atoms with Crippen molar-refractivity contribution in [1.82, 2.24) is 31.5 Å². The highest BCUT2D eigenvalue weighted by atomic mass is 16.5. The van der Waals surface area contributed by atoms with Gasteiger partial charge in [0, 0.05) is 58.3 Å². The van der Waals surface area contributed by atoms with E-state index in [1.165, 1.54) is 0 Å². The molecule has 0 radical (unpaired) electrons. The Morgan fingerprint density at radius 3 is 1.51 bits per heavy atom. The normalized spacial score (nSPS) is 15.3. The molecular formula is C40H78N8O11. The Morgan fingerprint density at radius 1 is 0.593 bits per heavy atom. The third-order valence-corrected chi connectivity index (χ3v) is 9.80. The van der Waals surface area contributed by atoms with Crippen LogP contribution in [0.4, 0.5) is 0 Å². The number of hydrogen-bond donors (Lipinski definition) is 10. The molecule has 1 saturated heterocycles. The number of unbranched alkanes of at least 4 members (excludes halogenated alkanes) is 7. The predicted octanol–water partition coefficient (Wildman–Crippen LogP) is -1.11. The number of ether oxygens (including phenoxy) is 3. The maximum atomic E-state index is 13.4. The summed E-state index contributed by atoms with van der Waals surface area (Å²) < 4.78 is 17.8. The van der Waals surface area contributed by atoms with E-state index in [-0.39, 0.29) is 121 Å². The molecule has 344 valence electrons. The average molecular weight is 847 g/mol. The van der Waals surface area contributed by atoms with Crippen molar-refractivity contribution in [2.45, 2.75) is 127 Å². The van der Waals surface area contributed by atoms with Gasteiger partial charge < -0.3 is 67.2 Å². The molecule has 1 fully saturated rings. The number of β-amino-alcohol motifs (C(OH)–C–C–N with tert-alkyl or cyclic N) is 1. The van der Waals surface area contributed by atoms with Crippen molar-refractivity contribution in [2.24, 2.45) is 11.5 Å². The molecule has 1 aliphatic rings. The monoisotopic (exact) mass is 847 g/mol. The van der Waals surface area contributed by atoms with Gasteiger partial charge in [-0.2, -0.15) is 0 Å². The van der Waals surface area contributed by atoms with Crippen molar-refractivity contribution in [3.8, 4) is 0 Å². The quantitative estimate of drug-likeness (QED) is 0.0260. The summed E-state index contributed by atoms with van der Waals surface area (Å²) in [5, 5.41) is 42.4. The Bertz CT molecular complexity index is 1110. The summed E-state index contributed by atoms with van der Waals surface area (Å²) >= 11 is 0. The Morgan fingerprint density at radius 2 is 1.05 bits per heavy atom. The fourth-order valence-corrected chi connectivity index (χ4v) is 6.47. The lowest BCUT2D eigenvalue weighted by Crippen LogP contribution is -2.58. The van der Waals surface area contributed by atoms with Crippen LogP contribution >= 0.6 is 0 Å². The molecule has 19 heteroatoms. The van der Waals surface area contributed by atoms with Crippen LogP contribution in [0, 0.1) is 0 Å². The van der Waals surface area contributed by atoms with Gasteiger partial charge in [0.1, 0.15) is 5.54 Å². The summed E-state index contributed by atoms with van der Waals surface area (Å²) in [7, 11) is 0. The molecule has 1 aliphatic heterocycles. The third-order valence-electron chi connectivity index (χ3n) is 9.80. The van der Waals surface area contributed by atoms with Crippen molar-refractivity contribution in [2.75, 3.05) is 98.8 Å². The number of likely N-dealkylation sites (tertiary alicyclic amines) is 1. The zero-order chi connectivity index (χ0) is 43.4. The van der Waals surface area contributed by atoms with Gasteiger partial charge in [-0.05, 0) is 58.2 Å². The van der Waals surface area contributed by atoms with Crippen LogP contribution < -0.4 is 38.1 Å². The average Bonchev–Trinajstić information content (AvgIpc) is 3.61. The van der Waals surface area contributed by atoms with Gasteiger partial charge in [-0.3, -0.25) is 29.3 Å². The smallest absolute Gasteiger partial charge is 0.222 e. The van der Waals surface area contributed by atoms with Gasteiger partial charge in [0.15, 0.2) is 0 Å². The van der Waals surface area contributed by atoms with Crippen LogP contribution in [0.15, 0.2) is 0 Å². The molecule has 19 nitrogen and oxygen atoms in total. The molecule has 0 spiro atoms. The van der Waals surface area contributed by atoms with Gasteiger partial charge in [-0.15, -0.1) is 0 Å². The van der Waals surface area contributed by atoms with Crippen LogP contribution in [-0.2, 0) is 38.2 Å². The lowest BCUT2D eigenvalue weighted by atomic mass is 10.0. The Balaban J connectivity index is 2.70. The highest BCUT2D eigenvalue weighted by Crippen LogP contribution is 2.20. The standard InChI is InChI=1S/C40H78N8O11/c41-17-9-20-44-35(52)14-23-57-29-40(30-58-24-15-36(53)45-21-10-18-42,31-59-25-16-37(54)46-22-11-19-43-32-50)47-38(55)12-7-5-3-1-2-4-6-8-13-39(56)48-27-34(51)26-33(48)28-49/h33-34,43,49-51H,1-32,41-42H2,(H,44,52)(H,45,53)(H,46,54)(H,47,55)/t33-,34+/m0/s1. The molecule has 5 amide bonds. The van der Waals surface area contributed by atoms with E-state index in [9.17, 15) is 34.2 Å². The van der Waals surface area contributed by atoms with E-state index >= 15 is 0 Å². The van der Waals surface area contributed by atoms with Gasteiger partial charge in [0.2, 0.25) is 29.5 Å². The number of carbonyl (C=O) groups is 5. The number of nitrogens with two attached hydrogens (primary N) is 2. The van der Waals surface area contributed by atoms with Crippen LogP contribution in [0.5, 0.6) is 0 Å². The second kappa shape index (κ2) is 35.7. The van der Waals surface area contributed by atoms with Crippen molar-refractivity contribution < 1.29 is 53.5 Å². The van der Waals surface area contributed by atoms with E-state index in [4.69, 9.17) is 30.8 Å². The van der Waals surface area contributed by atoms with Crippen LogP contribution in [0.25, 0.3) is 0 Å². The summed E-state index contributed by atoms with van der Waals surface area (Å²) in [6.07, 6.45) is 9.94. The largest absolute Gasteiger partial charge is 0.394 e. The maximum absolute atomic E-state index is 13.4. The number of nitrogens with one attached hydrogen (secondary N) is 5. The minimum absolute atomic E-state index is 0.0156. The number of rotatable bonds is 39. The van der Waals surface area contributed by atoms with Crippen LogP contribution in [0.2, 0.25) is 0 Å². The molecular weight excluding hydrogens is 768 g/mol. The molecule has 59 heavy (non-hydrogen) atoms. The second-order valence-electron chi connectivity index (χ2n) is 15.2. The van der Waals surface area contributed by atoms with E-state index in [1.807, 2.05) is 0 Å². The Labute approximate surface area is 351 Å². The highest BCUT2D eigenvalue weighted by Gasteiger charge is 2.34.